The number of amides is 2. The molecule has 1 aliphatic heterocycles. The highest BCUT2D eigenvalue weighted by Gasteiger charge is 2.29. The van der Waals surface area contributed by atoms with Crippen molar-refractivity contribution in [1.82, 2.24) is 16.1 Å². The van der Waals surface area contributed by atoms with Crippen molar-refractivity contribution in [2.24, 2.45) is 0 Å². The zero-order valence-corrected chi connectivity index (χ0v) is 15.1. The number of hydrogen-bond donors (Lipinski definition) is 4. The molecule has 3 rings (SSSR count). The van der Waals surface area contributed by atoms with E-state index in [1.54, 1.807) is 29.7 Å². The Balaban J connectivity index is 1.65. The number of ether oxygens (including phenoxy) is 1. The van der Waals surface area contributed by atoms with E-state index in [1.807, 2.05) is 31.2 Å². The molecule has 0 saturated heterocycles. The third-order valence-corrected chi connectivity index (χ3v) is 4.48. The van der Waals surface area contributed by atoms with Crippen LogP contribution in [0.5, 0.6) is 5.75 Å². The quantitative estimate of drug-likeness (QED) is 0.341. The Bertz CT molecular complexity index is 807. The van der Waals surface area contributed by atoms with Crippen molar-refractivity contribution < 1.29 is 19.5 Å². The third-order valence-electron chi connectivity index (χ3n) is 4.48. The van der Waals surface area contributed by atoms with Crippen LogP contribution in [0.3, 0.4) is 0 Å². The van der Waals surface area contributed by atoms with Gasteiger partial charge in [-0.25, -0.2) is 5.48 Å². The van der Waals surface area contributed by atoms with Crippen molar-refractivity contribution in [3.05, 3.63) is 65.2 Å². The predicted octanol–water partition coefficient (Wildman–Crippen LogP) is 2.27. The standard InChI is InChI=1S/C20H23N3O4/c1-2-5-17(27-15-10-8-13(9-11-15)19(24)23-26)22-20(25)18-16-7-4-3-6-14(16)12-21-18/h3-4,6-11,17-18,21,26H,2,5,12H2,1H3,(H,22,25)(H,23,24). The van der Waals surface area contributed by atoms with Gasteiger partial charge in [-0.3, -0.25) is 20.1 Å². The van der Waals surface area contributed by atoms with Gasteiger partial charge in [-0.1, -0.05) is 37.6 Å². The SMILES string of the molecule is CCCC(NC(=O)C1NCc2ccccc21)Oc1ccc(C(=O)NO)cc1. The molecule has 2 unspecified atom stereocenters. The molecule has 7 heteroatoms. The Hall–Kier alpha value is -2.90. The van der Waals surface area contributed by atoms with Crippen LogP contribution in [-0.4, -0.2) is 23.2 Å². The molecule has 0 saturated carbocycles. The summed E-state index contributed by atoms with van der Waals surface area (Å²) in [5.41, 5.74) is 4.01. The largest absolute Gasteiger partial charge is 0.471 e. The minimum atomic E-state index is -0.592. The van der Waals surface area contributed by atoms with Gasteiger partial charge < -0.3 is 10.1 Å². The number of carbonyl (C=O) groups is 2. The molecule has 2 atom stereocenters. The summed E-state index contributed by atoms with van der Waals surface area (Å²) in [4.78, 5) is 24.1. The van der Waals surface area contributed by atoms with Crippen molar-refractivity contribution in [2.45, 2.75) is 38.6 Å². The summed E-state index contributed by atoms with van der Waals surface area (Å²) in [5.74, 6) is -0.191. The van der Waals surface area contributed by atoms with Crippen LogP contribution in [0, 0.1) is 0 Å². The van der Waals surface area contributed by atoms with E-state index in [9.17, 15) is 9.59 Å². The van der Waals surface area contributed by atoms with E-state index in [1.165, 1.54) is 0 Å². The zero-order valence-electron chi connectivity index (χ0n) is 15.1. The fourth-order valence-electron chi connectivity index (χ4n) is 3.11. The molecule has 2 aromatic carbocycles. The summed E-state index contributed by atoms with van der Waals surface area (Å²) in [7, 11) is 0. The molecule has 1 aliphatic rings. The number of hydroxylamine groups is 1. The molecule has 142 valence electrons. The first-order valence-electron chi connectivity index (χ1n) is 8.95. The highest BCUT2D eigenvalue weighted by atomic mass is 16.5. The minimum Gasteiger partial charge on any atom is -0.471 e. The summed E-state index contributed by atoms with van der Waals surface area (Å²) < 4.78 is 5.89. The molecule has 4 N–H and O–H groups in total. The van der Waals surface area contributed by atoms with Crippen LogP contribution in [0.2, 0.25) is 0 Å². The average molecular weight is 369 g/mol. The topological polar surface area (TPSA) is 99.7 Å². The zero-order chi connectivity index (χ0) is 19.2. The maximum absolute atomic E-state index is 12.7. The molecule has 0 spiro atoms. The molecule has 27 heavy (non-hydrogen) atoms. The van der Waals surface area contributed by atoms with E-state index in [2.05, 4.69) is 10.6 Å². The van der Waals surface area contributed by atoms with Crippen LogP contribution in [-0.2, 0) is 11.3 Å². The van der Waals surface area contributed by atoms with Crippen LogP contribution in [0.15, 0.2) is 48.5 Å². The molecule has 2 aromatic rings. The summed E-state index contributed by atoms with van der Waals surface area (Å²) in [5, 5.41) is 14.8. The second-order valence-electron chi connectivity index (χ2n) is 6.38. The van der Waals surface area contributed by atoms with Crippen LogP contribution in [0.4, 0.5) is 0 Å². The lowest BCUT2D eigenvalue weighted by Crippen LogP contribution is -2.43. The van der Waals surface area contributed by atoms with Gasteiger partial charge >= 0.3 is 0 Å². The fourth-order valence-corrected chi connectivity index (χ4v) is 3.11. The molecule has 7 nitrogen and oxygen atoms in total. The number of carbonyl (C=O) groups excluding carboxylic acids is 2. The fraction of sp³-hybridized carbons (Fsp3) is 0.300. The molecule has 0 aliphatic carbocycles. The van der Waals surface area contributed by atoms with Gasteiger partial charge in [0.1, 0.15) is 11.8 Å². The van der Waals surface area contributed by atoms with Gasteiger partial charge in [0.2, 0.25) is 5.91 Å². The van der Waals surface area contributed by atoms with Crippen molar-refractivity contribution in [3.63, 3.8) is 0 Å². The Morgan fingerprint density at radius 2 is 1.96 bits per heavy atom. The van der Waals surface area contributed by atoms with Gasteiger partial charge in [0.05, 0.1) is 0 Å². The molecule has 1 heterocycles. The maximum Gasteiger partial charge on any atom is 0.274 e. The minimum absolute atomic E-state index is 0.130. The second kappa shape index (κ2) is 8.66. The van der Waals surface area contributed by atoms with Gasteiger partial charge in [0, 0.05) is 18.5 Å². The Labute approximate surface area is 157 Å². The van der Waals surface area contributed by atoms with E-state index >= 15 is 0 Å². The van der Waals surface area contributed by atoms with Crippen LogP contribution in [0.1, 0.15) is 47.3 Å². The molecule has 0 bridgehead atoms. The van der Waals surface area contributed by atoms with Crippen molar-refractivity contribution >= 4 is 11.8 Å². The number of fused-ring (bicyclic) bond motifs is 1. The van der Waals surface area contributed by atoms with Gasteiger partial charge in [-0.15, -0.1) is 0 Å². The van der Waals surface area contributed by atoms with Crippen molar-refractivity contribution in [3.8, 4) is 5.75 Å². The molecule has 0 fully saturated rings. The highest BCUT2D eigenvalue weighted by molar-refractivity contribution is 5.93. The number of benzene rings is 2. The molecular formula is C20H23N3O4. The Kier molecular flexibility index (Phi) is 6.05. The van der Waals surface area contributed by atoms with Gasteiger partial charge in [-0.2, -0.15) is 0 Å². The normalized spacial score (nSPS) is 16.3. The maximum atomic E-state index is 12.7. The summed E-state index contributed by atoms with van der Waals surface area (Å²) in [6, 6.07) is 13.8. The second-order valence-corrected chi connectivity index (χ2v) is 6.38. The summed E-state index contributed by atoms with van der Waals surface area (Å²) in [6.07, 6.45) is 1.01. The van der Waals surface area contributed by atoms with E-state index in [4.69, 9.17) is 9.94 Å². The monoisotopic (exact) mass is 369 g/mol. The Morgan fingerprint density at radius 3 is 2.67 bits per heavy atom. The summed E-state index contributed by atoms with van der Waals surface area (Å²) >= 11 is 0. The first-order chi connectivity index (χ1) is 13.1. The third kappa shape index (κ3) is 4.45. The highest BCUT2D eigenvalue weighted by Crippen LogP contribution is 2.25. The van der Waals surface area contributed by atoms with Crippen LogP contribution in [0.25, 0.3) is 0 Å². The first-order valence-corrected chi connectivity index (χ1v) is 8.95. The molecule has 0 radical (unpaired) electrons. The lowest BCUT2D eigenvalue weighted by molar-refractivity contribution is -0.125. The smallest absolute Gasteiger partial charge is 0.274 e. The van der Waals surface area contributed by atoms with Crippen LogP contribution < -0.4 is 20.9 Å². The number of rotatable bonds is 7. The number of nitrogens with one attached hydrogen (secondary N) is 3. The number of hydrogen-bond acceptors (Lipinski definition) is 5. The molecular weight excluding hydrogens is 346 g/mol. The lowest BCUT2D eigenvalue weighted by atomic mass is 10.0. The van der Waals surface area contributed by atoms with Gasteiger partial charge in [0.25, 0.3) is 5.91 Å². The van der Waals surface area contributed by atoms with Crippen molar-refractivity contribution in [1.29, 1.82) is 0 Å². The molecule has 0 aromatic heterocycles. The van der Waals surface area contributed by atoms with E-state index in [0.29, 0.717) is 24.3 Å². The summed E-state index contributed by atoms with van der Waals surface area (Å²) in [6.45, 7) is 2.68. The van der Waals surface area contributed by atoms with E-state index in [0.717, 1.165) is 17.5 Å². The van der Waals surface area contributed by atoms with Crippen LogP contribution >= 0.6 is 0 Å². The van der Waals surface area contributed by atoms with Crippen molar-refractivity contribution in [2.75, 3.05) is 0 Å². The van der Waals surface area contributed by atoms with Gasteiger partial charge in [0.15, 0.2) is 6.23 Å². The van der Waals surface area contributed by atoms with Gasteiger partial charge in [-0.05, 0) is 35.4 Å². The lowest BCUT2D eigenvalue weighted by Gasteiger charge is -2.22. The van der Waals surface area contributed by atoms with E-state index < -0.39 is 12.1 Å². The predicted molar refractivity (Wildman–Crippen MR) is 99.2 cm³/mol. The average Bonchev–Trinajstić information content (AvgIpc) is 3.12. The Morgan fingerprint density at radius 1 is 1.22 bits per heavy atom. The molecule has 2 amide bonds. The van der Waals surface area contributed by atoms with E-state index in [-0.39, 0.29) is 11.9 Å². The first kappa shape index (κ1) is 18.9.